The van der Waals surface area contributed by atoms with Gasteiger partial charge in [-0.2, -0.15) is 5.06 Å². The molecular weight excluding hydrogens is 778 g/mol. The molecule has 59 heavy (non-hydrogen) atoms. The number of amides is 3. The molecule has 5 rings (SSSR count). The van der Waals surface area contributed by atoms with Gasteiger partial charge in [-0.1, -0.05) is 63.4 Å². The zero-order valence-corrected chi connectivity index (χ0v) is 35.0. The minimum absolute atomic E-state index is 0.0347. The summed E-state index contributed by atoms with van der Waals surface area (Å²) in [5, 5.41) is 6.61. The molecule has 0 bridgehead atoms. The van der Waals surface area contributed by atoms with Crippen LogP contribution < -0.4 is 25.6 Å². The predicted molar refractivity (Wildman–Crippen MR) is 223 cm³/mol. The van der Waals surface area contributed by atoms with Crippen LogP contribution in [0.25, 0.3) is 11.3 Å². The third kappa shape index (κ3) is 12.0. The average molecular weight is 833 g/mol. The second-order valence-electron chi connectivity index (χ2n) is 14.4. The molecule has 1 fully saturated rings. The van der Waals surface area contributed by atoms with Gasteiger partial charge in [0.15, 0.2) is 5.76 Å². The molecule has 2 N–H and O–H groups in total. The molecule has 4 aromatic rings. The highest BCUT2D eigenvalue weighted by molar-refractivity contribution is 7.66. The van der Waals surface area contributed by atoms with E-state index in [1.54, 1.807) is 31.2 Å². The fraction of sp³-hybridized carbons (Fsp3) is 0.409. The van der Waals surface area contributed by atoms with Gasteiger partial charge in [-0.3, -0.25) is 18.9 Å². The molecule has 0 saturated carbocycles. The number of unbranched alkanes of at least 4 members (excludes halogenated alkanes) is 2. The average Bonchev–Trinajstić information content (AvgIpc) is 3.97. The summed E-state index contributed by atoms with van der Waals surface area (Å²) in [4.78, 5) is 59.7. The van der Waals surface area contributed by atoms with E-state index in [0.29, 0.717) is 53.9 Å². The van der Waals surface area contributed by atoms with E-state index in [0.717, 1.165) is 55.5 Å². The number of hydrogen-bond donors (Lipinski definition) is 2. The lowest BCUT2D eigenvalue weighted by Gasteiger charge is -2.31. The maximum atomic E-state index is 15.0. The number of nitrogens with one attached hydrogen (secondary N) is 2. The Morgan fingerprint density at radius 2 is 1.73 bits per heavy atom. The first-order valence-electron chi connectivity index (χ1n) is 20.2. The Balaban J connectivity index is 1.22. The Hall–Kier alpha value is -5.46. The number of nitrogens with zero attached hydrogens (tertiary/aromatic N) is 2. The van der Waals surface area contributed by atoms with E-state index < -0.39 is 42.9 Å². The van der Waals surface area contributed by atoms with Crippen molar-refractivity contribution >= 4 is 42.6 Å². The predicted octanol–water partition coefficient (Wildman–Crippen LogP) is 7.84. The highest BCUT2D eigenvalue weighted by Gasteiger charge is 2.34. The number of furan rings is 1. The van der Waals surface area contributed by atoms with E-state index in [-0.39, 0.29) is 31.0 Å². The van der Waals surface area contributed by atoms with Crippen molar-refractivity contribution in [3.05, 3.63) is 102 Å². The number of carbonyl (C=O) groups is 4. The van der Waals surface area contributed by atoms with Gasteiger partial charge in [0.25, 0.3) is 5.91 Å². The molecule has 0 spiro atoms. The lowest BCUT2D eigenvalue weighted by molar-refractivity contribution is -0.171. The zero-order valence-electron chi connectivity index (χ0n) is 34.1. The number of benzene rings is 3. The van der Waals surface area contributed by atoms with Gasteiger partial charge in [0.1, 0.15) is 17.3 Å². The van der Waals surface area contributed by atoms with Gasteiger partial charge in [-0.25, -0.2) is 9.18 Å². The van der Waals surface area contributed by atoms with Crippen LogP contribution in [0.2, 0.25) is 0 Å². The number of halogens is 1. The minimum atomic E-state index is -3.31. The number of rotatable bonds is 22. The van der Waals surface area contributed by atoms with Crippen molar-refractivity contribution < 1.29 is 46.6 Å². The lowest BCUT2D eigenvalue weighted by atomic mass is 9.90. The van der Waals surface area contributed by atoms with Crippen LogP contribution in [0, 0.1) is 11.7 Å². The first kappa shape index (κ1) is 44.6. The quantitative estimate of drug-likeness (QED) is 0.0263. The number of carbonyl (C=O) groups excluding carboxylic acids is 4. The van der Waals surface area contributed by atoms with Gasteiger partial charge in [0, 0.05) is 30.6 Å². The van der Waals surface area contributed by atoms with Crippen molar-refractivity contribution in [1.82, 2.24) is 15.7 Å². The summed E-state index contributed by atoms with van der Waals surface area (Å²) in [5.74, 6) is -2.62. The maximum Gasteiger partial charge on any atom is 0.363 e. The van der Waals surface area contributed by atoms with Crippen LogP contribution in [-0.4, -0.2) is 68.3 Å². The molecule has 3 atom stereocenters. The summed E-state index contributed by atoms with van der Waals surface area (Å²) in [6.07, 6.45) is 5.28. The summed E-state index contributed by atoms with van der Waals surface area (Å²) in [7, 11) is -3.31. The topological polar surface area (TPSA) is 157 Å². The van der Waals surface area contributed by atoms with Gasteiger partial charge in [0.2, 0.25) is 19.7 Å². The van der Waals surface area contributed by atoms with E-state index >= 15 is 0 Å². The molecule has 1 aliphatic heterocycles. The Morgan fingerprint density at radius 1 is 0.966 bits per heavy atom. The van der Waals surface area contributed by atoms with Crippen LogP contribution in [0.4, 0.5) is 10.1 Å². The SMILES string of the molecule is CCCCC[C@@H](C(=O)NCNC(=O)c1ccc(-c2cc(OCC)cc(P(C)(=O)OCc3ccccc3)c2)o1)[C@@H](CC)N(C=O)OC(=O)c1ccc(N2CCCC2)c(F)c1. The van der Waals surface area contributed by atoms with Gasteiger partial charge < -0.3 is 34.0 Å². The van der Waals surface area contributed by atoms with Gasteiger partial charge in [0.05, 0.1) is 43.1 Å². The molecule has 1 unspecified atom stereocenters. The molecule has 1 saturated heterocycles. The van der Waals surface area contributed by atoms with E-state index in [1.807, 2.05) is 49.1 Å². The standard InChI is InChI=1S/C44H54FN4O9P/c1-5-8-10-17-36(38(6-2)49(30-50)58-44(53)32-18-19-39(37(45)26-32)48-22-13-14-23-48)42(51)46-29-47-43(52)41-21-20-40(57-41)33-24-34(55-7-3)27-35(25-33)59(4,54)56-28-31-15-11-9-12-16-31/h9,11-12,15-16,18-21,24-27,30,36,38H,5-8,10,13-14,17,22-23,28-29H2,1-4H3,(H,46,51)(H,47,52)/t36-,38-,59?/m1/s1. The third-order valence-corrected chi connectivity index (χ3v) is 12.0. The van der Waals surface area contributed by atoms with Crippen LogP contribution in [0.15, 0.2) is 83.3 Å². The number of hydroxylamine groups is 2. The minimum Gasteiger partial charge on any atom is -0.494 e. The highest BCUT2D eigenvalue weighted by Crippen LogP contribution is 2.44. The molecule has 3 aromatic carbocycles. The summed E-state index contributed by atoms with van der Waals surface area (Å²) in [5.41, 5.74) is 1.74. The maximum absolute atomic E-state index is 15.0. The third-order valence-electron chi connectivity index (χ3n) is 10.2. The van der Waals surface area contributed by atoms with Crippen molar-refractivity contribution in [3.8, 4) is 17.1 Å². The molecule has 2 heterocycles. The summed E-state index contributed by atoms with van der Waals surface area (Å²) >= 11 is 0. The Labute approximate surface area is 345 Å². The highest BCUT2D eigenvalue weighted by atomic mass is 31.2. The van der Waals surface area contributed by atoms with Crippen LogP contribution in [0.3, 0.4) is 0 Å². The molecular formula is C44H54FN4O9P. The Kier molecular flexibility index (Phi) is 16.3. The number of hydrogen-bond acceptors (Lipinski definition) is 10. The molecule has 15 heteroatoms. The Bertz CT molecular complexity index is 2090. The van der Waals surface area contributed by atoms with Gasteiger partial charge in [-0.15, -0.1) is 0 Å². The van der Waals surface area contributed by atoms with Crippen LogP contribution in [-0.2, 0) is 30.1 Å². The normalized spacial score (nSPS) is 14.5. The lowest BCUT2D eigenvalue weighted by Crippen LogP contribution is -2.49. The molecule has 1 aromatic heterocycles. The van der Waals surface area contributed by atoms with Gasteiger partial charge in [-0.05, 0) is 86.7 Å². The fourth-order valence-electron chi connectivity index (χ4n) is 7.02. The van der Waals surface area contributed by atoms with E-state index in [4.69, 9.17) is 18.5 Å². The molecule has 1 aliphatic rings. The first-order chi connectivity index (χ1) is 28.5. The van der Waals surface area contributed by atoms with E-state index in [1.165, 1.54) is 24.9 Å². The van der Waals surface area contributed by atoms with Crippen molar-refractivity contribution in [1.29, 1.82) is 0 Å². The first-order valence-corrected chi connectivity index (χ1v) is 22.3. The van der Waals surface area contributed by atoms with Crippen molar-refractivity contribution in [3.63, 3.8) is 0 Å². The Morgan fingerprint density at radius 3 is 2.41 bits per heavy atom. The number of ether oxygens (including phenoxy) is 1. The summed E-state index contributed by atoms with van der Waals surface area (Å²) in [6, 6.07) is 20.8. The largest absolute Gasteiger partial charge is 0.494 e. The molecule has 13 nitrogen and oxygen atoms in total. The molecule has 0 aliphatic carbocycles. The molecule has 3 amide bonds. The zero-order chi connectivity index (χ0) is 42.4. The van der Waals surface area contributed by atoms with Crippen molar-refractivity contribution in [2.24, 2.45) is 5.92 Å². The molecule has 316 valence electrons. The smallest absolute Gasteiger partial charge is 0.363 e. The second kappa shape index (κ2) is 21.5. The van der Waals surface area contributed by atoms with Crippen LogP contribution >= 0.6 is 7.37 Å². The monoisotopic (exact) mass is 832 g/mol. The fourth-order valence-corrected chi connectivity index (χ4v) is 8.30. The van der Waals surface area contributed by atoms with Crippen LogP contribution in [0.1, 0.15) is 92.2 Å². The second-order valence-corrected chi connectivity index (χ2v) is 16.9. The summed E-state index contributed by atoms with van der Waals surface area (Å²) < 4.78 is 46.3. The van der Waals surface area contributed by atoms with Crippen LogP contribution in [0.5, 0.6) is 5.75 Å². The van der Waals surface area contributed by atoms with Crippen molar-refractivity contribution in [2.75, 3.05) is 37.9 Å². The molecule has 0 radical (unpaired) electrons. The summed E-state index contributed by atoms with van der Waals surface area (Å²) in [6.45, 7) is 8.88. The van der Waals surface area contributed by atoms with E-state index in [9.17, 15) is 28.1 Å². The van der Waals surface area contributed by atoms with E-state index in [2.05, 4.69) is 10.6 Å². The number of anilines is 1. The van der Waals surface area contributed by atoms with Gasteiger partial charge >= 0.3 is 5.97 Å². The van der Waals surface area contributed by atoms with Crippen molar-refractivity contribution in [2.45, 2.75) is 78.4 Å².